The van der Waals surface area contributed by atoms with Crippen LogP contribution in [0.25, 0.3) is 22.6 Å². The quantitative estimate of drug-likeness (QED) is 0.499. The third kappa shape index (κ3) is 4.04. The molecule has 0 saturated carbocycles. The van der Waals surface area contributed by atoms with E-state index < -0.39 is 0 Å². The summed E-state index contributed by atoms with van der Waals surface area (Å²) < 4.78 is 26.3. The molecule has 1 aliphatic heterocycles. The normalized spacial score (nSPS) is 12.5. The molecular weight excluding hydrogens is 413 g/mol. The molecule has 5 rings (SSSR count). The van der Waals surface area contributed by atoms with Crippen molar-refractivity contribution in [3.05, 3.63) is 66.6 Å². The summed E-state index contributed by atoms with van der Waals surface area (Å²) in [6.45, 7) is 1.77. The lowest BCUT2D eigenvalue weighted by atomic mass is 10.2. The fourth-order valence-corrected chi connectivity index (χ4v) is 3.57. The predicted molar refractivity (Wildman–Crippen MR) is 117 cm³/mol. The number of urea groups is 1. The van der Waals surface area contributed by atoms with Crippen LogP contribution < -0.4 is 20.1 Å². The number of hydrogen-bond acceptors (Lipinski definition) is 5. The van der Waals surface area contributed by atoms with Crippen LogP contribution in [0.2, 0.25) is 0 Å². The molecule has 4 aromatic rings. The number of anilines is 1. The molecule has 0 atom stereocenters. The van der Waals surface area contributed by atoms with E-state index in [0.29, 0.717) is 55.0 Å². The molecule has 1 aliphatic rings. The van der Waals surface area contributed by atoms with Crippen LogP contribution in [0.5, 0.6) is 11.5 Å². The number of nitrogens with zero attached hydrogens (tertiary/aromatic N) is 3. The van der Waals surface area contributed by atoms with Crippen LogP contribution in [0.4, 0.5) is 14.9 Å². The minimum absolute atomic E-state index is 0.313. The van der Waals surface area contributed by atoms with E-state index >= 15 is 0 Å². The number of hydrogen-bond donors (Lipinski definition) is 2. The molecule has 2 amide bonds. The number of rotatable bonds is 5. The summed E-state index contributed by atoms with van der Waals surface area (Å²) in [7, 11) is 0. The first-order valence-corrected chi connectivity index (χ1v) is 10.2. The van der Waals surface area contributed by atoms with E-state index in [1.807, 2.05) is 16.7 Å². The molecule has 0 saturated heterocycles. The molecule has 2 aromatic heterocycles. The Hall–Kier alpha value is -4.14. The highest BCUT2D eigenvalue weighted by Gasteiger charge is 2.15. The number of carbonyl (C=O) groups is 1. The van der Waals surface area contributed by atoms with Gasteiger partial charge in [-0.1, -0.05) is 0 Å². The van der Waals surface area contributed by atoms with Gasteiger partial charge in [-0.15, -0.1) is 0 Å². The Morgan fingerprint density at radius 3 is 2.72 bits per heavy atom. The van der Waals surface area contributed by atoms with E-state index in [1.54, 1.807) is 36.5 Å². The Labute approximate surface area is 183 Å². The second-order valence-electron chi connectivity index (χ2n) is 7.18. The summed E-state index contributed by atoms with van der Waals surface area (Å²) in [4.78, 5) is 21.5. The van der Waals surface area contributed by atoms with Crippen molar-refractivity contribution in [1.29, 1.82) is 0 Å². The average molecular weight is 433 g/mol. The van der Waals surface area contributed by atoms with Gasteiger partial charge in [0.2, 0.25) is 0 Å². The maximum atomic E-state index is 13.4. The average Bonchev–Trinajstić information content (AvgIpc) is 3.18. The lowest BCUT2D eigenvalue weighted by Crippen LogP contribution is -2.31. The summed E-state index contributed by atoms with van der Waals surface area (Å²) >= 11 is 0. The summed E-state index contributed by atoms with van der Waals surface area (Å²) in [5, 5.41) is 5.64. The standard InChI is InChI=1S/C23H20FN5O3/c24-16-5-3-15(4-6-16)21-28-18-2-1-9-25-22(18)29(21)11-10-26-23(30)27-17-7-8-19-20(14-17)32-13-12-31-19/h1-9,14H,10-13H2,(H2,26,27,30). The second kappa shape index (κ2) is 8.54. The first-order chi connectivity index (χ1) is 15.7. The Morgan fingerprint density at radius 2 is 1.88 bits per heavy atom. The van der Waals surface area contributed by atoms with Gasteiger partial charge in [-0.3, -0.25) is 0 Å². The zero-order valence-electron chi connectivity index (χ0n) is 17.0. The minimum atomic E-state index is -0.345. The van der Waals surface area contributed by atoms with Crippen molar-refractivity contribution < 1.29 is 18.7 Å². The van der Waals surface area contributed by atoms with Gasteiger partial charge in [-0.2, -0.15) is 0 Å². The predicted octanol–water partition coefficient (Wildman–Crippen LogP) is 3.83. The van der Waals surface area contributed by atoms with E-state index in [2.05, 4.69) is 20.6 Å². The molecule has 8 nitrogen and oxygen atoms in total. The maximum Gasteiger partial charge on any atom is 0.319 e. The molecule has 0 spiro atoms. The Bertz CT molecular complexity index is 1270. The van der Waals surface area contributed by atoms with E-state index in [0.717, 1.165) is 11.1 Å². The number of pyridine rings is 1. The third-order valence-electron chi connectivity index (χ3n) is 5.03. The summed E-state index contributed by atoms with van der Waals surface area (Å²) in [5.41, 5.74) is 2.80. The van der Waals surface area contributed by atoms with E-state index in [9.17, 15) is 9.18 Å². The number of carbonyl (C=O) groups excluding carboxylic acids is 1. The minimum Gasteiger partial charge on any atom is -0.486 e. The second-order valence-corrected chi connectivity index (χ2v) is 7.18. The first-order valence-electron chi connectivity index (χ1n) is 10.2. The van der Waals surface area contributed by atoms with Crippen molar-refractivity contribution in [3.63, 3.8) is 0 Å². The van der Waals surface area contributed by atoms with Crippen molar-refractivity contribution in [1.82, 2.24) is 19.9 Å². The monoisotopic (exact) mass is 433 g/mol. The highest BCUT2D eigenvalue weighted by molar-refractivity contribution is 5.89. The van der Waals surface area contributed by atoms with Crippen LogP contribution in [-0.4, -0.2) is 40.3 Å². The smallest absolute Gasteiger partial charge is 0.319 e. The summed E-state index contributed by atoms with van der Waals surface area (Å²) in [5.74, 6) is 1.61. The topological polar surface area (TPSA) is 90.3 Å². The summed E-state index contributed by atoms with van der Waals surface area (Å²) in [6.07, 6.45) is 1.69. The van der Waals surface area contributed by atoms with Crippen LogP contribution in [0.3, 0.4) is 0 Å². The SMILES string of the molecule is O=C(NCCn1c(-c2ccc(F)cc2)nc2cccnc21)Nc1ccc2c(c1)OCCO2. The van der Waals surface area contributed by atoms with Crippen molar-refractivity contribution >= 4 is 22.9 Å². The molecule has 9 heteroatoms. The number of nitrogens with one attached hydrogen (secondary N) is 2. The molecule has 0 fully saturated rings. The molecule has 32 heavy (non-hydrogen) atoms. The van der Waals surface area contributed by atoms with Crippen LogP contribution in [0, 0.1) is 5.82 Å². The highest BCUT2D eigenvalue weighted by atomic mass is 19.1. The van der Waals surface area contributed by atoms with Crippen LogP contribution in [-0.2, 0) is 6.54 Å². The molecule has 3 heterocycles. The van der Waals surface area contributed by atoms with Gasteiger partial charge < -0.3 is 24.7 Å². The largest absolute Gasteiger partial charge is 0.486 e. The highest BCUT2D eigenvalue weighted by Crippen LogP contribution is 2.32. The van der Waals surface area contributed by atoms with Gasteiger partial charge in [-0.25, -0.2) is 19.2 Å². The van der Waals surface area contributed by atoms with Crippen LogP contribution >= 0.6 is 0 Å². The molecule has 2 aromatic carbocycles. The number of amides is 2. The van der Waals surface area contributed by atoms with Gasteiger partial charge in [-0.05, 0) is 48.5 Å². The molecule has 0 aliphatic carbocycles. The number of halogens is 1. The lowest BCUT2D eigenvalue weighted by molar-refractivity contribution is 0.171. The fourth-order valence-electron chi connectivity index (χ4n) is 3.57. The number of aromatic nitrogens is 3. The zero-order valence-corrected chi connectivity index (χ0v) is 17.0. The Kier molecular flexibility index (Phi) is 5.29. The van der Waals surface area contributed by atoms with Gasteiger partial charge in [0.25, 0.3) is 0 Å². The van der Waals surface area contributed by atoms with E-state index in [1.165, 1.54) is 12.1 Å². The molecule has 0 bridgehead atoms. The Morgan fingerprint density at radius 1 is 1.06 bits per heavy atom. The Balaban J connectivity index is 1.28. The number of benzene rings is 2. The molecule has 2 N–H and O–H groups in total. The fraction of sp³-hybridized carbons (Fsp3) is 0.174. The van der Waals surface area contributed by atoms with Crippen molar-refractivity contribution in [2.24, 2.45) is 0 Å². The van der Waals surface area contributed by atoms with Gasteiger partial charge in [0.1, 0.15) is 30.4 Å². The lowest BCUT2D eigenvalue weighted by Gasteiger charge is -2.19. The van der Waals surface area contributed by atoms with Crippen LogP contribution in [0.1, 0.15) is 0 Å². The third-order valence-corrected chi connectivity index (χ3v) is 5.03. The molecule has 162 valence electrons. The number of fused-ring (bicyclic) bond motifs is 2. The zero-order chi connectivity index (χ0) is 21.9. The number of imidazole rings is 1. The van der Waals surface area contributed by atoms with Gasteiger partial charge in [0.15, 0.2) is 17.1 Å². The van der Waals surface area contributed by atoms with Crippen molar-refractivity contribution in [2.45, 2.75) is 6.54 Å². The summed E-state index contributed by atoms with van der Waals surface area (Å²) in [6, 6.07) is 14.7. The van der Waals surface area contributed by atoms with Crippen LogP contribution in [0.15, 0.2) is 60.8 Å². The molecule has 0 radical (unpaired) electrons. The number of ether oxygens (including phenoxy) is 2. The van der Waals surface area contributed by atoms with E-state index in [4.69, 9.17) is 9.47 Å². The van der Waals surface area contributed by atoms with Gasteiger partial charge >= 0.3 is 6.03 Å². The molecular formula is C23H20FN5O3. The van der Waals surface area contributed by atoms with Gasteiger partial charge in [0, 0.05) is 36.6 Å². The first kappa shape index (κ1) is 19.8. The maximum absolute atomic E-state index is 13.4. The van der Waals surface area contributed by atoms with E-state index in [-0.39, 0.29) is 11.8 Å². The van der Waals surface area contributed by atoms with Gasteiger partial charge in [0.05, 0.1) is 0 Å². The van der Waals surface area contributed by atoms with Crippen molar-refractivity contribution in [2.75, 3.05) is 25.1 Å². The van der Waals surface area contributed by atoms with Crippen molar-refractivity contribution in [3.8, 4) is 22.9 Å². The molecule has 0 unspecified atom stereocenters.